The van der Waals surface area contributed by atoms with E-state index in [0.717, 1.165) is 31.7 Å². The largest absolute Gasteiger partial charge is 0.375 e. The number of benzene rings is 1. The molecule has 2 nitrogen and oxygen atoms in total. The molecule has 1 saturated carbocycles. The van der Waals surface area contributed by atoms with E-state index in [9.17, 15) is 8.78 Å². The molecule has 110 valence electrons. The molecule has 1 saturated heterocycles. The fourth-order valence-corrected chi connectivity index (χ4v) is 3.56. The fourth-order valence-electron chi connectivity index (χ4n) is 3.56. The molecule has 1 aliphatic carbocycles. The summed E-state index contributed by atoms with van der Waals surface area (Å²) in [6, 6.07) is 3.59. The molecule has 1 aliphatic heterocycles. The number of rotatable bonds is 2. The summed E-state index contributed by atoms with van der Waals surface area (Å²) in [6.45, 7) is 2.57. The molecule has 2 unspecified atom stereocenters. The van der Waals surface area contributed by atoms with Gasteiger partial charge < -0.3 is 10.5 Å². The molecule has 2 N–H and O–H groups in total. The Kier molecular flexibility index (Phi) is 3.33. The first kappa shape index (κ1) is 14.0. The van der Waals surface area contributed by atoms with Crippen LogP contribution in [0, 0.1) is 17.6 Å². The van der Waals surface area contributed by atoms with Gasteiger partial charge in [0.15, 0.2) is 0 Å². The number of halogens is 2. The molecule has 4 heteroatoms. The summed E-state index contributed by atoms with van der Waals surface area (Å²) in [5, 5.41) is 0. The van der Waals surface area contributed by atoms with Gasteiger partial charge in [-0.15, -0.1) is 0 Å². The Morgan fingerprint density at radius 2 is 1.90 bits per heavy atom. The van der Waals surface area contributed by atoms with Crippen molar-refractivity contribution in [3.63, 3.8) is 0 Å². The molecule has 1 aromatic rings. The van der Waals surface area contributed by atoms with Gasteiger partial charge in [-0.05, 0) is 62.6 Å². The highest BCUT2D eigenvalue weighted by Gasteiger charge is 2.47. The van der Waals surface area contributed by atoms with E-state index in [-0.39, 0.29) is 11.5 Å². The lowest BCUT2D eigenvalue weighted by atomic mass is 9.66. The average molecular weight is 281 g/mol. The Hall–Kier alpha value is -1.00. The van der Waals surface area contributed by atoms with Gasteiger partial charge >= 0.3 is 0 Å². The van der Waals surface area contributed by atoms with Crippen LogP contribution >= 0.6 is 0 Å². The minimum Gasteiger partial charge on any atom is -0.375 e. The van der Waals surface area contributed by atoms with Crippen LogP contribution in [0.4, 0.5) is 8.78 Å². The first-order valence-electron chi connectivity index (χ1n) is 7.31. The highest BCUT2D eigenvalue weighted by molar-refractivity contribution is 5.26. The van der Waals surface area contributed by atoms with Crippen LogP contribution < -0.4 is 5.73 Å². The summed E-state index contributed by atoms with van der Waals surface area (Å²) in [5.74, 6) is -0.943. The van der Waals surface area contributed by atoms with E-state index in [1.54, 1.807) is 0 Å². The standard InChI is InChI=1S/C16H21F2NO/c1-15(19,12-7-13(17)9-14(18)8-12)11-3-6-20-16(10-11)4-2-5-16/h7-9,11H,2-6,10,19H2,1H3. The third-order valence-corrected chi connectivity index (χ3v) is 5.09. The smallest absolute Gasteiger partial charge is 0.126 e. The van der Waals surface area contributed by atoms with Crippen LogP contribution in [0.3, 0.4) is 0 Å². The lowest BCUT2D eigenvalue weighted by molar-refractivity contribution is -0.151. The summed E-state index contributed by atoms with van der Waals surface area (Å²) < 4.78 is 32.8. The van der Waals surface area contributed by atoms with Crippen LogP contribution in [0.2, 0.25) is 0 Å². The Morgan fingerprint density at radius 3 is 2.45 bits per heavy atom. The molecule has 0 bridgehead atoms. The second-order valence-electron chi connectivity index (χ2n) is 6.52. The van der Waals surface area contributed by atoms with Crippen LogP contribution in [0.25, 0.3) is 0 Å². The molecule has 1 heterocycles. The van der Waals surface area contributed by atoms with E-state index in [4.69, 9.17) is 10.5 Å². The lowest BCUT2D eigenvalue weighted by Crippen LogP contribution is -2.52. The first-order valence-corrected chi connectivity index (χ1v) is 7.31. The number of nitrogens with two attached hydrogens (primary N) is 1. The number of hydrogen-bond donors (Lipinski definition) is 1. The molecule has 3 rings (SSSR count). The van der Waals surface area contributed by atoms with Crippen molar-refractivity contribution >= 4 is 0 Å². The maximum atomic E-state index is 13.4. The molecule has 2 fully saturated rings. The summed E-state index contributed by atoms with van der Waals surface area (Å²) in [6.07, 6.45) is 5.09. The van der Waals surface area contributed by atoms with Crippen LogP contribution in [-0.2, 0) is 10.3 Å². The monoisotopic (exact) mass is 281 g/mol. The molecule has 2 atom stereocenters. The van der Waals surface area contributed by atoms with Crippen molar-refractivity contribution in [1.82, 2.24) is 0 Å². The van der Waals surface area contributed by atoms with Gasteiger partial charge in [0.2, 0.25) is 0 Å². The molecule has 0 radical (unpaired) electrons. The van der Waals surface area contributed by atoms with Gasteiger partial charge in [0, 0.05) is 18.2 Å². The Bertz CT molecular complexity index is 491. The minimum absolute atomic E-state index is 0.0184. The van der Waals surface area contributed by atoms with Crippen molar-refractivity contribution in [2.45, 2.75) is 50.2 Å². The second kappa shape index (κ2) is 4.78. The maximum Gasteiger partial charge on any atom is 0.126 e. The topological polar surface area (TPSA) is 35.2 Å². The minimum atomic E-state index is -0.727. The summed E-state index contributed by atoms with van der Waals surface area (Å²) in [7, 11) is 0. The Labute approximate surface area is 118 Å². The van der Waals surface area contributed by atoms with Gasteiger partial charge in [0.1, 0.15) is 11.6 Å². The molecule has 2 aliphatic rings. The molecule has 1 aromatic carbocycles. The first-order chi connectivity index (χ1) is 9.41. The highest BCUT2D eigenvalue weighted by Crippen LogP contribution is 2.48. The van der Waals surface area contributed by atoms with E-state index in [1.807, 2.05) is 6.92 Å². The zero-order valence-electron chi connectivity index (χ0n) is 11.8. The van der Waals surface area contributed by atoms with E-state index >= 15 is 0 Å². The predicted octanol–water partition coefficient (Wildman–Crippen LogP) is 3.49. The quantitative estimate of drug-likeness (QED) is 0.900. The van der Waals surface area contributed by atoms with Crippen molar-refractivity contribution in [1.29, 1.82) is 0 Å². The van der Waals surface area contributed by atoms with Crippen LogP contribution in [0.15, 0.2) is 18.2 Å². The van der Waals surface area contributed by atoms with E-state index in [0.29, 0.717) is 12.2 Å². The van der Waals surface area contributed by atoms with Gasteiger partial charge in [-0.2, -0.15) is 0 Å². The SMILES string of the molecule is CC(N)(c1cc(F)cc(F)c1)C1CCOC2(CCC2)C1. The molecule has 20 heavy (non-hydrogen) atoms. The molecule has 0 aromatic heterocycles. The summed E-state index contributed by atoms with van der Waals surface area (Å²) in [4.78, 5) is 0. The van der Waals surface area contributed by atoms with Gasteiger partial charge in [0.25, 0.3) is 0 Å². The van der Waals surface area contributed by atoms with Gasteiger partial charge in [-0.25, -0.2) is 8.78 Å². The fraction of sp³-hybridized carbons (Fsp3) is 0.625. The normalized spacial score (nSPS) is 27.9. The zero-order chi connectivity index (χ0) is 14.4. The number of ether oxygens (including phenoxy) is 1. The van der Waals surface area contributed by atoms with Crippen molar-refractivity contribution in [2.75, 3.05) is 6.61 Å². The predicted molar refractivity (Wildman–Crippen MR) is 73.2 cm³/mol. The summed E-state index contributed by atoms with van der Waals surface area (Å²) in [5.41, 5.74) is 6.25. The molecular formula is C16H21F2NO. The van der Waals surface area contributed by atoms with Crippen molar-refractivity contribution in [3.05, 3.63) is 35.4 Å². The highest BCUT2D eigenvalue weighted by atomic mass is 19.1. The van der Waals surface area contributed by atoms with E-state index < -0.39 is 17.2 Å². The van der Waals surface area contributed by atoms with E-state index in [1.165, 1.54) is 18.6 Å². The van der Waals surface area contributed by atoms with Crippen molar-refractivity contribution in [2.24, 2.45) is 11.7 Å². The van der Waals surface area contributed by atoms with Crippen molar-refractivity contribution < 1.29 is 13.5 Å². The maximum absolute atomic E-state index is 13.4. The Balaban J connectivity index is 1.86. The average Bonchev–Trinajstić information content (AvgIpc) is 2.36. The third kappa shape index (κ3) is 2.35. The van der Waals surface area contributed by atoms with Gasteiger partial charge in [-0.1, -0.05) is 0 Å². The molecular weight excluding hydrogens is 260 g/mol. The van der Waals surface area contributed by atoms with Crippen LogP contribution in [0.5, 0.6) is 0 Å². The summed E-state index contributed by atoms with van der Waals surface area (Å²) >= 11 is 0. The van der Waals surface area contributed by atoms with E-state index in [2.05, 4.69) is 0 Å². The second-order valence-corrected chi connectivity index (χ2v) is 6.52. The molecule has 0 amide bonds. The van der Waals surface area contributed by atoms with Gasteiger partial charge in [0.05, 0.1) is 5.60 Å². The van der Waals surface area contributed by atoms with Crippen molar-refractivity contribution in [3.8, 4) is 0 Å². The number of hydrogen-bond acceptors (Lipinski definition) is 2. The lowest BCUT2D eigenvalue weighted by Gasteiger charge is -2.50. The Morgan fingerprint density at radius 1 is 1.25 bits per heavy atom. The zero-order valence-corrected chi connectivity index (χ0v) is 11.8. The van der Waals surface area contributed by atoms with Gasteiger partial charge in [-0.3, -0.25) is 0 Å². The van der Waals surface area contributed by atoms with Crippen LogP contribution in [-0.4, -0.2) is 12.2 Å². The molecule has 1 spiro atoms. The third-order valence-electron chi connectivity index (χ3n) is 5.09. The van der Waals surface area contributed by atoms with Crippen LogP contribution in [0.1, 0.15) is 44.6 Å².